The summed E-state index contributed by atoms with van der Waals surface area (Å²) in [6.07, 6.45) is 1.06. The molecular weight excluding hydrogens is 326 g/mol. The van der Waals surface area contributed by atoms with Crippen LogP contribution in [0.5, 0.6) is 0 Å². The second kappa shape index (κ2) is 6.66. The Labute approximate surface area is 142 Å². The molecule has 4 rings (SSSR count). The maximum Gasteiger partial charge on any atom is 0.223 e. The van der Waals surface area contributed by atoms with Crippen molar-refractivity contribution in [1.82, 2.24) is 24.7 Å². The molecule has 1 amide bonds. The number of carbonyl (C=O) groups is 1. The Bertz CT molecular complexity index is 839. The SMILES string of the molecule is O=C(CCc1ccc2nnc(-c3cccs3)n2n1)N1CCOCC1. The normalized spacial score (nSPS) is 15.1. The molecule has 3 aromatic rings. The fraction of sp³-hybridized carbons (Fsp3) is 0.375. The lowest BCUT2D eigenvalue weighted by molar-refractivity contribution is -0.135. The van der Waals surface area contributed by atoms with E-state index >= 15 is 0 Å². The van der Waals surface area contributed by atoms with E-state index in [-0.39, 0.29) is 5.91 Å². The summed E-state index contributed by atoms with van der Waals surface area (Å²) in [6, 6.07) is 7.78. The van der Waals surface area contributed by atoms with Gasteiger partial charge in [0.1, 0.15) is 0 Å². The van der Waals surface area contributed by atoms with Crippen LogP contribution in [0.2, 0.25) is 0 Å². The lowest BCUT2D eigenvalue weighted by atomic mass is 10.2. The Morgan fingerprint density at radius 3 is 2.88 bits per heavy atom. The molecule has 1 aliphatic heterocycles. The summed E-state index contributed by atoms with van der Waals surface area (Å²) in [7, 11) is 0. The predicted octanol–water partition coefficient (Wildman–Crippen LogP) is 1.64. The van der Waals surface area contributed by atoms with Gasteiger partial charge in [0.25, 0.3) is 0 Å². The molecule has 0 saturated carbocycles. The van der Waals surface area contributed by atoms with E-state index in [2.05, 4.69) is 15.3 Å². The molecule has 0 bridgehead atoms. The van der Waals surface area contributed by atoms with Gasteiger partial charge in [-0.3, -0.25) is 4.79 Å². The van der Waals surface area contributed by atoms with Crippen LogP contribution in [-0.4, -0.2) is 56.9 Å². The molecule has 0 N–H and O–H groups in total. The van der Waals surface area contributed by atoms with Gasteiger partial charge in [0.2, 0.25) is 5.91 Å². The maximum absolute atomic E-state index is 12.3. The van der Waals surface area contributed by atoms with Crippen molar-refractivity contribution in [3.8, 4) is 10.7 Å². The number of ether oxygens (including phenoxy) is 1. The smallest absolute Gasteiger partial charge is 0.223 e. The number of carbonyl (C=O) groups excluding carboxylic acids is 1. The molecule has 3 aromatic heterocycles. The molecule has 0 atom stereocenters. The summed E-state index contributed by atoms with van der Waals surface area (Å²) in [4.78, 5) is 15.1. The van der Waals surface area contributed by atoms with E-state index in [1.807, 2.05) is 34.5 Å². The van der Waals surface area contributed by atoms with E-state index in [1.54, 1.807) is 15.9 Å². The highest BCUT2D eigenvalue weighted by Crippen LogP contribution is 2.22. The zero-order valence-corrected chi connectivity index (χ0v) is 13.9. The summed E-state index contributed by atoms with van der Waals surface area (Å²) >= 11 is 1.60. The zero-order valence-electron chi connectivity index (χ0n) is 13.1. The fourth-order valence-electron chi connectivity index (χ4n) is 2.73. The van der Waals surface area contributed by atoms with Crippen LogP contribution in [0.1, 0.15) is 12.1 Å². The van der Waals surface area contributed by atoms with E-state index in [4.69, 9.17) is 4.74 Å². The lowest BCUT2D eigenvalue weighted by Crippen LogP contribution is -2.40. The number of hydrogen-bond acceptors (Lipinski definition) is 6. The number of thiophene rings is 1. The number of rotatable bonds is 4. The number of fused-ring (bicyclic) bond motifs is 1. The minimum atomic E-state index is 0.155. The molecule has 24 heavy (non-hydrogen) atoms. The van der Waals surface area contributed by atoms with Crippen LogP contribution in [0, 0.1) is 0 Å². The minimum absolute atomic E-state index is 0.155. The van der Waals surface area contributed by atoms with Gasteiger partial charge in [-0.15, -0.1) is 21.5 Å². The molecule has 0 radical (unpaired) electrons. The molecule has 0 unspecified atom stereocenters. The molecule has 0 aromatic carbocycles. The minimum Gasteiger partial charge on any atom is -0.378 e. The molecule has 8 heteroatoms. The standard InChI is InChI=1S/C16H17N5O2S/c22-15(20-7-9-23-10-8-20)6-4-12-3-5-14-17-18-16(21(14)19-12)13-2-1-11-24-13/h1-3,5,11H,4,6-10H2. The van der Waals surface area contributed by atoms with Crippen LogP contribution >= 0.6 is 11.3 Å². The first-order valence-corrected chi connectivity index (χ1v) is 8.80. The summed E-state index contributed by atoms with van der Waals surface area (Å²) in [5.74, 6) is 0.892. The van der Waals surface area contributed by atoms with Crippen molar-refractivity contribution in [2.75, 3.05) is 26.3 Å². The van der Waals surface area contributed by atoms with Crippen LogP contribution in [0.25, 0.3) is 16.3 Å². The molecule has 0 spiro atoms. The van der Waals surface area contributed by atoms with Crippen LogP contribution in [0.3, 0.4) is 0 Å². The lowest BCUT2D eigenvalue weighted by Gasteiger charge is -2.26. The highest BCUT2D eigenvalue weighted by Gasteiger charge is 2.17. The molecule has 124 valence electrons. The van der Waals surface area contributed by atoms with Gasteiger partial charge in [0.15, 0.2) is 11.5 Å². The number of amides is 1. The van der Waals surface area contributed by atoms with Crippen molar-refractivity contribution in [2.24, 2.45) is 0 Å². The largest absolute Gasteiger partial charge is 0.378 e. The van der Waals surface area contributed by atoms with Gasteiger partial charge in [-0.25, -0.2) is 0 Å². The third-order valence-corrected chi connectivity index (χ3v) is 4.88. The van der Waals surface area contributed by atoms with Gasteiger partial charge in [0, 0.05) is 25.9 Å². The topological polar surface area (TPSA) is 72.6 Å². The van der Waals surface area contributed by atoms with Gasteiger partial charge in [-0.2, -0.15) is 9.61 Å². The number of nitrogens with zero attached hydrogens (tertiary/aromatic N) is 5. The summed E-state index contributed by atoms with van der Waals surface area (Å²) < 4.78 is 7.03. The molecular formula is C16H17N5O2S. The van der Waals surface area contributed by atoms with E-state index in [0.29, 0.717) is 44.8 Å². The van der Waals surface area contributed by atoms with Crippen LogP contribution in [0.15, 0.2) is 29.6 Å². The van der Waals surface area contributed by atoms with Crippen molar-refractivity contribution in [1.29, 1.82) is 0 Å². The first-order chi connectivity index (χ1) is 11.8. The van der Waals surface area contributed by atoms with Gasteiger partial charge in [0.05, 0.1) is 23.8 Å². The van der Waals surface area contributed by atoms with Gasteiger partial charge in [-0.05, 0) is 23.6 Å². The third-order valence-electron chi connectivity index (χ3n) is 4.02. The quantitative estimate of drug-likeness (QED) is 0.720. The second-order valence-corrected chi connectivity index (χ2v) is 6.54. The zero-order chi connectivity index (χ0) is 16.4. The van der Waals surface area contributed by atoms with E-state index in [1.165, 1.54) is 0 Å². The summed E-state index contributed by atoms with van der Waals surface area (Å²) in [5, 5.41) is 15.0. The van der Waals surface area contributed by atoms with Crippen molar-refractivity contribution in [2.45, 2.75) is 12.8 Å². The third kappa shape index (κ3) is 3.02. The molecule has 4 heterocycles. The van der Waals surface area contributed by atoms with Crippen LogP contribution in [-0.2, 0) is 16.0 Å². The average molecular weight is 343 g/mol. The second-order valence-electron chi connectivity index (χ2n) is 5.59. The molecule has 7 nitrogen and oxygen atoms in total. The average Bonchev–Trinajstić information content (AvgIpc) is 3.29. The number of morpholine rings is 1. The molecule has 1 aliphatic rings. The van der Waals surface area contributed by atoms with Crippen LogP contribution in [0.4, 0.5) is 0 Å². The van der Waals surface area contributed by atoms with Gasteiger partial charge in [-0.1, -0.05) is 6.07 Å². The number of aryl methyl sites for hydroxylation is 1. The van der Waals surface area contributed by atoms with E-state index in [9.17, 15) is 4.79 Å². The van der Waals surface area contributed by atoms with Crippen LogP contribution < -0.4 is 0 Å². The van der Waals surface area contributed by atoms with Crippen molar-refractivity contribution in [3.63, 3.8) is 0 Å². The monoisotopic (exact) mass is 343 g/mol. The summed E-state index contributed by atoms with van der Waals surface area (Å²) in [6.45, 7) is 2.61. The number of aromatic nitrogens is 4. The van der Waals surface area contributed by atoms with E-state index < -0.39 is 0 Å². The van der Waals surface area contributed by atoms with Crippen molar-refractivity contribution >= 4 is 22.9 Å². The Kier molecular flexibility index (Phi) is 4.22. The fourth-order valence-corrected chi connectivity index (χ4v) is 3.42. The van der Waals surface area contributed by atoms with E-state index in [0.717, 1.165) is 16.4 Å². The van der Waals surface area contributed by atoms with Gasteiger partial charge >= 0.3 is 0 Å². The highest BCUT2D eigenvalue weighted by molar-refractivity contribution is 7.13. The van der Waals surface area contributed by atoms with Crippen molar-refractivity contribution in [3.05, 3.63) is 35.3 Å². The molecule has 0 aliphatic carbocycles. The Morgan fingerprint density at radius 1 is 1.21 bits per heavy atom. The maximum atomic E-state index is 12.3. The Hall–Kier alpha value is -2.32. The Morgan fingerprint density at radius 2 is 2.08 bits per heavy atom. The van der Waals surface area contributed by atoms with Crippen molar-refractivity contribution < 1.29 is 9.53 Å². The first kappa shape index (κ1) is 15.2. The van der Waals surface area contributed by atoms with Gasteiger partial charge < -0.3 is 9.64 Å². The first-order valence-electron chi connectivity index (χ1n) is 7.92. The Balaban J connectivity index is 1.50. The highest BCUT2D eigenvalue weighted by atomic mass is 32.1. The molecule has 1 fully saturated rings. The summed E-state index contributed by atoms with van der Waals surface area (Å²) in [5.41, 5.74) is 1.57. The predicted molar refractivity (Wildman–Crippen MR) is 89.8 cm³/mol. The number of hydrogen-bond donors (Lipinski definition) is 0. The molecule has 1 saturated heterocycles.